The van der Waals surface area contributed by atoms with Gasteiger partial charge in [-0.1, -0.05) is 42.7 Å². The Hall–Kier alpha value is -3.23. The van der Waals surface area contributed by atoms with Crippen LogP contribution in [0.25, 0.3) is 21.3 Å². The van der Waals surface area contributed by atoms with Crippen molar-refractivity contribution in [3.8, 4) is 16.9 Å². The summed E-state index contributed by atoms with van der Waals surface area (Å²) in [5.74, 6) is 1.88. The highest BCUT2D eigenvalue weighted by molar-refractivity contribution is 7.22. The monoisotopic (exact) mass is 449 g/mol. The van der Waals surface area contributed by atoms with E-state index in [1.807, 2.05) is 36.5 Å². The molecule has 32 heavy (non-hydrogen) atoms. The van der Waals surface area contributed by atoms with Crippen LogP contribution in [-0.2, 0) is 0 Å². The van der Waals surface area contributed by atoms with Crippen LogP contribution in [-0.4, -0.2) is 33.3 Å². The van der Waals surface area contributed by atoms with Crippen molar-refractivity contribution in [1.29, 1.82) is 0 Å². The molecule has 4 N–H and O–H groups in total. The van der Waals surface area contributed by atoms with Gasteiger partial charge >= 0.3 is 0 Å². The summed E-state index contributed by atoms with van der Waals surface area (Å²) in [5.41, 5.74) is 8.71. The fourth-order valence-electron chi connectivity index (χ4n) is 3.56. The predicted molar refractivity (Wildman–Crippen MR) is 130 cm³/mol. The first kappa shape index (κ1) is 22.0. The fourth-order valence-corrected chi connectivity index (χ4v) is 4.47. The highest BCUT2D eigenvalue weighted by Crippen LogP contribution is 2.32. The quantitative estimate of drug-likeness (QED) is 0.383. The second kappa shape index (κ2) is 10.4. The first-order valence-corrected chi connectivity index (χ1v) is 11.5. The number of nitrogens with two attached hydrogens (primary N) is 1. The molecule has 0 spiro atoms. The Morgan fingerprint density at radius 1 is 1.03 bits per heavy atom. The Morgan fingerprint density at radius 3 is 2.59 bits per heavy atom. The molecule has 166 valence electrons. The van der Waals surface area contributed by atoms with Crippen molar-refractivity contribution in [3.05, 3.63) is 54.9 Å². The van der Waals surface area contributed by atoms with E-state index in [0.717, 1.165) is 45.1 Å². The Bertz CT molecular complexity index is 1170. The molecular weight excluding hydrogens is 422 g/mol. The standard InChI is InChI=1S/C18H15N5OS.C6H12O/c1-24-13-7-12(9-20-10-13)11-5-6-14-15(8-11)25-18(21-14)23-17-4-2-3-16(19)22-17;7-6-4-2-1-3-5-6/h2-10H,1H3,(H3,19,21,22,23);6-7H,1-5H2. The number of nitrogen functional groups attached to an aromatic ring is 1. The summed E-state index contributed by atoms with van der Waals surface area (Å²) in [7, 11) is 1.63. The maximum absolute atomic E-state index is 8.91. The van der Waals surface area contributed by atoms with Crippen molar-refractivity contribution in [2.24, 2.45) is 0 Å². The minimum atomic E-state index is 0.0359. The van der Waals surface area contributed by atoms with E-state index in [2.05, 4.69) is 26.3 Å². The van der Waals surface area contributed by atoms with E-state index < -0.39 is 0 Å². The van der Waals surface area contributed by atoms with Crippen molar-refractivity contribution >= 4 is 38.3 Å². The molecule has 1 saturated carbocycles. The molecule has 7 nitrogen and oxygen atoms in total. The molecule has 3 aromatic heterocycles. The van der Waals surface area contributed by atoms with E-state index in [1.54, 1.807) is 30.7 Å². The number of nitrogens with zero attached hydrogens (tertiary/aromatic N) is 3. The van der Waals surface area contributed by atoms with Crippen LogP contribution >= 0.6 is 11.3 Å². The number of fused-ring (bicyclic) bond motifs is 1. The van der Waals surface area contributed by atoms with Crippen LogP contribution in [0.5, 0.6) is 5.75 Å². The van der Waals surface area contributed by atoms with Gasteiger partial charge in [0.2, 0.25) is 0 Å². The first-order chi connectivity index (χ1) is 15.6. The van der Waals surface area contributed by atoms with Gasteiger partial charge in [-0.3, -0.25) is 4.98 Å². The number of hydrogen-bond acceptors (Lipinski definition) is 8. The van der Waals surface area contributed by atoms with Crippen LogP contribution in [0.3, 0.4) is 0 Å². The number of ether oxygens (including phenoxy) is 1. The van der Waals surface area contributed by atoms with Gasteiger partial charge in [0.05, 0.1) is 29.6 Å². The molecule has 1 fully saturated rings. The number of thiazole rings is 1. The van der Waals surface area contributed by atoms with Gasteiger partial charge in [-0.25, -0.2) is 9.97 Å². The molecule has 1 aromatic carbocycles. The van der Waals surface area contributed by atoms with Crippen LogP contribution in [0.1, 0.15) is 32.1 Å². The number of aliphatic hydroxyl groups is 1. The summed E-state index contributed by atoms with van der Waals surface area (Å²) >= 11 is 1.56. The van der Waals surface area contributed by atoms with Gasteiger partial charge in [-0.15, -0.1) is 0 Å². The van der Waals surface area contributed by atoms with E-state index in [4.69, 9.17) is 15.6 Å². The number of aromatic nitrogens is 3. The molecule has 4 aromatic rings. The van der Waals surface area contributed by atoms with Gasteiger partial charge in [-0.2, -0.15) is 0 Å². The highest BCUT2D eigenvalue weighted by Gasteiger charge is 2.09. The zero-order valence-corrected chi connectivity index (χ0v) is 18.8. The molecule has 5 rings (SSSR count). The molecule has 0 radical (unpaired) electrons. The molecule has 0 saturated heterocycles. The summed E-state index contributed by atoms with van der Waals surface area (Å²) < 4.78 is 6.32. The Morgan fingerprint density at radius 2 is 1.88 bits per heavy atom. The van der Waals surface area contributed by atoms with Gasteiger partial charge in [0.15, 0.2) is 5.13 Å². The zero-order valence-electron chi connectivity index (χ0n) is 18.0. The Kier molecular flexibility index (Phi) is 7.14. The van der Waals surface area contributed by atoms with Crippen LogP contribution in [0.2, 0.25) is 0 Å². The average molecular weight is 450 g/mol. The Labute approximate surface area is 191 Å². The lowest BCUT2D eigenvalue weighted by Crippen LogP contribution is -2.09. The Balaban J connectivity index is 0.000000300. The van der Waals surface area contributed by atoms with E-state index in [-0.39, 0.29) is 6.10 Å². The van der Waals surface area contributed by atoms with E-state index >= 15 is 0 Å². The third-order valence-electron chi connectivity index (χ3n) is 5.25. The third kappa shape index (κ3) is 5.72. The van der Waals surface area contributed by atoms with Gasteiger partial charge in [0, 0.05) is 11.8 Å². The zero-order chi connectivity index (χ0) is 22.3. The minimum absolute atomic E-state index is 0.0359. The van der Waals surface area contributed by atoms with E-state index in [9.17, 15) is 0 Å². The molecule has 1 aliphatic rings. The van der Waals surface area contributed by atoms with Crippen LogP contribution < -0.4 is 15.8 Å². The summed E-state index contributed by atoms with van der Waals surface area (Å²) in [4.78, 5) is 13.0. The second-order valence-corrected chi connectivity index (χ2v) is 8.71. The summed E-state index contributed by atoms with van der Waals surface area (Å²) in [6.45, 7) is 0. The molecule has 0 bridgehead atoms. The van der Waals surface area contributed by atoms with Crippen molar-refractivity contribution in [2.45, 2.75) is 38.2 Å². The molecule has 0 amide bonds. The van der Waals surface area contributed by atoms with Crippen molar-refractivity contribution in [2.75, 3.05) is 18.2 Å². The van der Waals surface area contributed by atoms with Crippen molar-refractivity contribution in [3.63, 3.8) is 0 Å². The summed E-state index contributed by atoms with van der Waals surface area (Å²) in [6.07, 6.45) is 9.43. The lowest BCUT2D eigenvalue weighted by Gasteiger charge is -2.14. The summed E-state index contributed by atoms with van der Waals surface area (Å²) in [6, 6.07) is 13.5. The van der Waals surface area contributed by atoms with Crippen LogP contribution in [0, 0.1) is 0 Å². The maximum atomic E-state index is 8.91. The molecular formula is C24H27N5O2S. The van der Waals surface area contributed by atoms with E-state index in [0.29, 0.717) is 11.6 Å². The van der Waals surface area contributed by atoms with Gasteiger partial charge in [-0.05, 0) is 48.7 Å². The molecule has 1 aliphatic carbocycles. The third-order valence-corrected chi connectivity index (χ3v) is 6.18. The number of rotatable bonds is 4. The average Bonchev–Trinajstić information content (AvgIpc) is 3.21. The number of benzene rings is 1. The van der Waals surface area contributed by atoms with Crippen molar-refractivity contribution < 1.29 is 9.84 Å². The predicted octanol–water partition coefficient (Wildman–Crippen LogP) is 5.40. The topological polar surface area (TPSA) is 106 Å². The largest absolute Gasteiger partial charge is 0.495 e. The van der Waals surface area contributed by atoms with Crippen LogP contribution in [0.15, 0.2) is 54.9 Å². The minimum Gasteiger partial charge on any atom is -0.495 e. The SMILES string of the molecule is COc1cncc(-c2ccc3nc(Nc4cccc(N)n4)sc3c2)c1.OC1CCCCC1. The lowest BCUT2D eigenvalue weighted by molar-refractivity contribution is 0.130. The molecule has 8 heteroatoms. The first-order valence-electron chi connectivity index (χ1n) is 10.7. The number of methoxy groups -OCH3 is 1. The maximum Gasteiger partial charge on any atom is 0.189 e. The fraction of sp³-hybridized carbons (Fsp3) is 0.292. The summed E-state index contributed by atoms with van der Waals surface area (Å²) in [5, 5.41) is 12.9. The van der Waals surface area contributed by atoms with Gasteiger partial charge < -0.3 is 20.9 Å². The normalized spacial score (nSPS) is 13.9. The molecule has 3 heterocycles. The molecule has 0 unspecified atom stereocenters. The van der Waals surface area contributed by atoms with Crippen molar-refractivity contribution in [1.82, 2.24) is 15.0 Å². The van der Waals surface area contributed by atoms with Gasteiger partial charge in [0.1, 0.15) is 17.4 Å². The number of anilines is 3. The van der Waals surface area contributed by atoms with E-state index in [1.165, 1.54) is 19.3 Å². The number of aliphatic hydroxyl groups excluding tert-OH is 1. The second-order valence-electron chi connectivity index (χ2n) is 7.68. The smallest absolute Gasteiger partial charge is 0.189 e. The molecule has 0 aliphatic heterocycles. The number of pyridine rings is 2. The lowest BCUT2D eigenvalue weighted by atomic mass is 9.98. The number of hydrogen-bond donors (Lipinski definition) is 3. The highest BCUT2D eigenvalue weighted by atomic mass is 32.1. The molecule has 0 atom stereocenters. The number of nitrogens with one attached hydrogen (secondary N) is 1. The van der Waals surface area contributed by atoms with Gasteiger partial charge in [0.25, 0.3) is 0 Å². The van der Waals surface area contributed by atoms with Crippen LogP contribution in [0.4, 0.5) is 16.8 Å².